The third-order valence-electron chi connectivity index (χ3n) is 4.22. The van der Waals surface area contributed by atoms with Crippen LogP contribution in [-0.4, -0.2) is 38.3 Å². The smallest absolute Gasteiger partial charge is 0.221 e. The van der Waals surface area contributed by atoms with Crippen LogP contribution >= 0.6 is 12.4 Å². The van der Waals surface area contributed by atoms with E-state index in [1.165, 1.54) is 0 Å². The van der Waals surface area contributed by atoms with Gasteiger partial charge in [0.15, 0.2) is 0 Å². The Morgan fingerprint density at radius 1 is 1.41 bits per heavy atom. The van der Waals surface area contributed by atoms with Gasteiger partial charge >= 0.3 is 0 Å². The van der Waals surface area contributed by atoms with Gasteiger partial charge in [0.2, 0.25) is 5.91 Å². The molecule has 1 aliphatic rings. The fourth-order valence-electron chi connectivity index (χ4n) is 2.23. The van der Waals surface area contributed by atoms with Gasteiger partial charge in [0.25, 0.3) is 0 Å². The number of halogens is 1. The molecule has 0 aromatic rings. The summed E-state index contributed by atoms with van der Waals surface area (Å²) in [7, 11) is 3.59. The monoisotopic (exact) mass is 264 g/mol. The molecular formula is C12H25ClN2O2. The summed E-state index contributed by atoms with van der Waals surface area (Å²) in [6.45, 7) is 7.11. The molecule has 2 N–H and O–H groups in total. The lowest BCUT2D eigenvalue weighted by atomic mass is 9.56. The molecule has 0 saturated heterocycles. The molecule has 0 spiro atoms. The number of methoxy groups -OCH3 is 1. The zero-order valence-corrected chi connectivity index (χ0v) is 12.2. The molecule has 0 radical (unpaired) electrons. The number of hydrogen-bond donors (Lipinski definition) is 2. The molecule has 2 unspecified atom stereocenters. The van der Waals surface area contributed by atoms with Crippen LogP contribution < -0.4 is 10.6 Å². The maximum Gasteiger partial charge on any atom is 0.221 e. The average Bonchev–Trinajstić information content (AvgIpc) is 2.25. The molecule has 4 nitrogen and oxygen atoms in total. The summed E-state index contributed by atoms with van der Waals surface area (Å²) >= 11 is 0. The Morgan fingerprint density at radius 3 is 2.41 bits per heavy atom. The Hall–Kier alpha value is -0.320. The van der Waals surface area contributed by atoms with Crippen LogP contribution in [0.5, 0.6) is 0 Å². The second-order valence-corrected chi connectivity index (χ2v) is 5.33. The van der Waals surface area contributed by atoms with Crippen molar-refractivity contribution < 1.29 is 9.53 Å². The van der Waals surface area contributed by atoms with Crippen molar-refractivity contribution in [2.45, 2.75) is 45.3 Å². The molecule has 17 heavy (non-hydrogen) atoms. The fraction of sp³-hybridized carbons (Fsp3) is 0.917. The van der Waals surface area contributed by atoms with Gasteiger partial charge in [-0.05, 0) is 20.4 Å². The highest BCUT2D eigenvalue weighted by molar-refractivity contribution is 5.85. The Labute approximate surface area is 110 Å². The van der Waals surface area contributed by atoms with Crippen molar-refractivity contribution in [3.8, 4) is 0 Å². The maximum atomic E-state index is 11.6. The molecule has 5 heteroatoms. The van der Waals surface area contributed by atoms with Crippen LogP contribution in [0.1, 0.15) is 33.6 Å². The third-order valence-corrected chi connectivity index (χ3v) is 4.22. The number of rotatable bonds is 5. The summed E-state index contributed by atoms with van der Waals surface area (Å²) in [5.41, 5.74) is -0.120. The Morgan fingerprint density at radius 2 is 2.00 bits per heavy atom. The van der Waals surface area contributed by atoms with Crippen LogP contribution in [0, 0.1) is 5.41 Å². The van der Waals surface area contributed by atoms with E-state index >= 15 is 0 Å². The minimum atomic E-state index is -0.117. The second-order valence-electron chi connectivity index (χ2n) is 5.33. The Bertz CT molecular complexity index is 271. The van der Waals surface area contributed by atoms with E-state index in [4.69, 9.17) is 4.74 Å². The number of nitrogens with one attached hydrogen (secondary N) is 2. The zero-order chi connectivity index (χ0) is 12.4. The van der Waals surface area contributed by atoms with Gasteiger partial charge in [-0.15, -0.1) is 12.4 Å². The number of carbonyl (C=O) groups excluding carboxylic acids is 1. The predicted octanol–water partition coefficient (Wildman–Crippen LogP) is 1.34. The quantitative estimate of drug-likeness (QED) is 0.788. The summed E-state index contributed by atoms with van der Waals surface area (Å²) < 4.78 is 5.52. The van der Waals surface area contributed by atoms with Gasteiger partial charge in [0, 0.05) is 31.5 Å². The molecule has 102 valence electrons. The van der Waals surface area contributed by atoms with Crippen molar-refractivity contribution in [1.29, 1.82) is 0 Å². The zero-order valence-electron chi connectivity index (χ0n) is 11.4. The number of carbonyl (C=O) groups is 1. The van der Waals surface area contributed by atoms with E-state index in [0.29, 0.717) is 6.42 Å². The number of ether oxygens (including phenoxy) is 1. The van der Waals surface area contributed by atoms with Crippen LogP contribution in [0.15, 0.2) is 0 Å². The standard InChI is InChI=1S/C12H24N2O2.ClH/c1-11(2)9(8-12(11,3)16-5)14-10(15)6-7-13-4;/h9,13H,6-8H2,1-5H3,(H,14,15);1H. The third kappa shape index (κ3) is 3.12. The summed E-state index contributed by atoms with van der Waals surface area (Å²) in [5, 5.41) is 6.04. The van der Waals surface area contributed by atoms with Gasteiger partial charge < -0.3 is 15.4 Å². The van der Waals surface area contributed by atoms with Gasteiger partial charge in [0.1, 0.15) is 0 Å². The molecule has 1 amide bonds. The first-order valence-electron chi connectivity index (χ1n) is 5.86. The van der Waals surface area contributed by atoms with E-state index in [2.05, 4.69) is 31.4 Å². The maximum absolute atomic E-state index is 11.6. The van der Waals surface area contributed by atoms with Crippen molar-refractivity contribution in [3.63, 3.8) is 0 Å². The van der Waals surface area contributed by atoms with Gasteiger partial charge in [-0.1, -0.05) is 13.8 Å². The molecule has 0 aromatic heterocycles. The fourth-order valence-corrected chi connectivity index (χ4v) is 2.23. The van der Waals surface area contributed by atoms with Crippen LogP contribution in [0.25, 0.3) is 0 Å². The summed E-state index contributed by atoms with van der Waals surface area (Å²) in [6, 6.07) is 0.224. The van der Waals surface area contributed by atoms with Crippen molar-refractivity contribution in [3.05, 3.63) is 0 Å². The van der Waals surface area contributed by atoms with Gasteiger partial charge in [-0.25, -0.2) is 0 Å². The largest absolute Gasteiger partial charge is 0.378 e. The van der Waals surface area contributed by atoms with Crippen molar-refractivity contribution in [2.24, 2.45) is 5.41 Å². The minimum Gasteiger partial charge on any atom is -0.378 e. The molecule has 1 rings (SSSR count). The number of hydrogen-bond acceptors (Lipinski definition) is 3. The molecule has 1 fully saturated rings. The van der Waals surface area contributed by atoms with E-state index in [-0.39, 0.29) is 35.4 Å². The average molecular weight is 265 g/mol. The molecule has 0 bridgehead atoms. The SMILES string of the molecule is CNCCC(=O)NC1CC(C)(OC)C1(C)C.Cl. The number of amides is 1. The second kappa shape index (κ2) is 6.03. The molecule has 1 saturated carbocycles. The first-order chi connectivity index (χ1) is 7.37. The van der Waals surface area contributed by atoms with Crippen LogP contribution in [0.3, 0.4) is 0 Å². The van der Waals surface area contributed by atoms with Crippen LogP contribution in [0.2, 0.25) is 0 Å². The van der Waals surface area contributed by atoms with Crippen molar-refractivity contribution >= 4 is 18.3 Å². The van der Waals surface area contributed by atoms with E-state index in [1.54, 1.807) is 7.11 Å². The van der Waals surface area contributed by atoms with Gasteiger partial charge in [0.05, 0.1) is 5.60 Å². The van der Waals surface area contributed by atoms with E-state index in [0.717, 1.165) is 13.0 Å². The lowest BCUT2D eigenvalue weighted by Crippen LogP contribution is -2.68. The van der Waals surface area contributed by atoms with E-state index in [9.17, 15) is 4.79 Å². The van der Waals surface area contributed by atoms with E-state index < -0.39 is 0 Å². The normalized spacial score (nSPS) is 30.1. The summed E-state index contributed by atoms with van der Waals surface area (Å²) in [6.07, 6.45) is 1.43. The van der Waals surface area contributed by atoms with Crippen LogP contribution in [0.4, 0.5) is 0 Å². The minimum absolute atomic E-state index is 0. The molecule has 0 aromatic carbocycles. The summed E-state index contributed by atoms with van der Waals surface area (Å²) in [5.74, 6) is 0.116. The molecule has 0 aliphatic heterocycles. The lowest BCUT2D eigenvalue weighted by Gasteiger charge is -2.59. The molecule has 1 aliphatic carbocycles. The first-order valence-corrected chi connectivity index (χ1v) is 5.86. The summed E-state index contributed by atoms with van der Waals surface area (Å²) in [4.78, 5) is 11.6. The lowest BCUT2D eigenvalue weighted by molar-refractivity contribution is -0.182. The van der Waals surface area contributed by atoms with Gasteiger partial charge in [-0.3, -0.25) is 4.79 Å². The molecular weight excluding hydrogens is 240 g/mol. The first kappa shape index (κ1) is 16.7. The highest BCUT2D eigenvalue weighted by atomic mass is 35.5. The van der Waals surface area contributed by atoms with Crippen molar-refractivity contribution in [1.82, 2.24) is 10.6 Å². The van der Waals surface area contributed by atoms with Crippen LogP contribution in [-0.2, 0) is 9.53 Å². The molecule has 2 atom stereocenters. The topological polar surface area (TPSA) is 50.4 Å². The highest BCUT2D eigenvalue weighted by Gasteiger charge is 2.58. The Kier molecular flexibility index (Phi) is 5.91. The van der Waals surface area contributed by atoms with Crippen molar-refractivity contribution in [2.75, 3.05) is 20.7 Å². The molecule has 0 heterocycles. The van der Waals surface area contributed by atoms with Gasteiger partial charge in [-0.2, -0.15) is 0 Å². The highest BCUT2D eigenvalue weighted by Crippen LogP contribution is 2.51. The predicted molar refractivity (Wildman–Crippen MR) is 71.5 cm³/mol. The van der Waals surface area contributed by atoms with E-state index in [1.807, 2.05) is 7.05 Å². The Balaban J connectivity index is 0.00000256.